The van der Waals surface area contributed by atoms with E-state index in [4.69, 9.17) is 17.0 Å². The Morgan fingerprint density at radius 1 is 1.25 bits per heavy atom. The number of para-hydroxylation sites is 1. The van der Waals surface area contributed by atoms with Gasteiger partial charge in [0.2, 0.25) is 0 Å². The smallest absolute Gasteiger partial charge is 0.266 e. The van der Waals surface area contributed by atoms with Crippen LogP contribution in [0.5, 0.6) is 5.75 Å². The summed E-state index contributed by atoms with van der Waals surface area (Å²) in [7, 11) is 0. The van der Waals surface area contributed by atoms with Crippen molar-refractivity contribution in [1.82, 2.24) is 9.80 Å². The van der Waals surface area contributed by atoms with Gasteiger partial charge in [0, 0.05) is 31.7 Å². The molecule has 0 aromatic heterocycles. The van der Waals surface area contributed by atoms with E-state index in [2.05, 4.69) is 4.90 Å². The van der Waals surface area contributed by atoms with E-state index in [1.54, 1.807) is 29.2 Å². The molecule has 0 spiro atoms. The number of aromatic hydroxyl groups is 1. The van der Waals surface area contributed by atoms with E-state index in [1.807, 2.05) is 6.07 Å². The summed E-state index contributed by atoms with van der Waals surface area (Å²) < 4.78 is 5.92. The van der Waals surface area contributed by atoms with Gasteiger partial charge >= 0.3 is 0 Å². The van der Waals surface area contributed by atoms with Gasteiger partial charge in [-0.1, -0.05) is 42.2 Å². The number of morpholine rings is 1. The quantitative estimate of drug-likeness (QED) is 0.639. The van der Waals surface area contributed by atoms with Crippen molar-refractivity contribution >= 4 is 40.3 Å². The number of phenols is 1. The highest BCUT2D eigenvalue weighted by Crippen LogP contribution is 2.34. The third kappa shape index (κ3) is 4.16. The molecule has 1 aromatic carbocycles. The number of phenolic OH excluding ortho intramolecular Hbond substituents is 1. The first-order valence-electron chi connectivity index (χ1n) is 7.98. The second-order valence-electron chi connectivity index (χ2n) is 5.70. The van der Waals surface area contributed by atoms with E-state index in [9.17, 15) is 9.90 Å². The van der Waals surface area contributed by atoms with Crippen molar-refractivity contribution in [2.75, 3.05) is 39.4 Å². The molecule has 128 valence electrons. The van der Waals surface area contributed by atoms with Crippen LogP contribution in [0.25, 0.3) is 6.08 Å². The van der Waals surface area contributed by atoms with Gasteiger partial charge in [0.15, 0.2) is 0 Å². The van der Waals surface area contributed by atoms with Gasteiger partial charge < -0.3 is 9.84 Å². The standard InChI is InChI=1S/C17H20N2O3S2/c20-14-5-2-1-4-13(14)12-15-16(21)19(17(23)24-15)7-3-6-18-8-10-22-11-9-18/h1-2,4-5,12,20H,3,6-11H2. The fraction of sp³-hybridized carbons (Fsp3) is 0.412. The van der Waals surface area contributed by atoms with Gasteiger partial charge in [-0.15, -0.1) is 0 Å². The molecule has 2 heterocycles. The topological polar surface area (TPSA) is 53.0 Å². The average Bonchev–Trinajstić information content (AvgIpc) is 2.85. The molecule has 2 saturated heterocycles. The highest BCUT2D eigenvalue weighted by molar-refractivity contribution is 8.26. The van der Waals surface area contributed by atoms with Crippen molar-refractivity contribution in [2.45, 2.75) is 6.42 Å². The van der Waals surface area contributed by atoms with E-state index in [0.29, 0.717) is 21.3 Å². The van der Waals surface area contributed by atoms with Crippen molar-refractivity contribution in [2.24, 2.45) is 0 Å². The Labute approximate surface area is 151 Å². The minimum Gasteiger partial charge on any atom is -0.507 e. The molecule has 5 nitrogen and oxygen atoms in total. The summed E-state index contributed by atoms with van der Waals surface area (Å²) in [5, 5.41) is 9.85. The molecule has 3 rings (SSSR count). The Hall–Kier alpha value is -1.41. The van der Waals surface area contributed by atoms with Crippen LogP contribution in [-0.4, -0.2) is 64.5 Å². The van der Waals surface area contributed by atoms with E-state index >= 15 is 0 Å². The highest BCUT2D eigenvalue weighted by atomic mass is 32.2. The minimum absolute atomic E-state index is 0.0739. The highest BCUT2D eigenvalue weighted by Gasteiger charge is 2.31. The molecule has 2 aliphatic rings. The Morgan fingerprint density at radius 2 is 2.00 bits per heavy atom. The Bertz CT molecular complexity index is 657. The SMILES string of the molecule is O=C1C(=Cc2ccccc2O)SC(=S)N1CCCN1CCOCC1. The lowest BCUT2D eigenvalue weighted by Crippen LogP contribution is -2.38. The fourth-order valence-corrected chi connectivity index (χ4v) is 4.02. The number of nitrogens with zero attached hydrogens (tertiary/aromatic N) is 2. The third-order valence-corrected chi connectivity index (χ3v) is 5.43. The van der Waals surface area contributed by atoms with Crippen molar-refractivity contribution in [3.63, 3.8) is 0 Å². The van der Waals surface area contributed by atoms with Crippen molar-refractivity contribution in [3.8, 4) is 5.75 Å². The number of amides is 1. The number of ether oxygens (including phenoxy) is 1. The first-order valence-corrected chi connectivity index (χ1v) is 9.21. The number of hydrogen-bond acceptors (Lipinski definition) is 6. The molecule has 2 fully saturated rings. The van der Waals surface area contributed by atoms with Gasteiger partial charge in [-0.25, -0.2) is 0 Å². The first kappa shape index (κ1) is 17.4. The predicted molar refractivity (Wildman–Crippen MR) is 99.9 cm³/mol. The fourth-order valence-electron chi connectivity index (χ4n) is 2.72. The number of hydrogen-bond donors (Lipinski definition) is 1. The molecular formula is C17H20N2O3S2. The zero-order valence-electron chi connectivity index (χ0n) is 13.3. The van der Waals surface area contributed by atoms with Crippen LogP contribution in [0.2, 0.25) is 0 Å². The summed E-state index contributed by atoms with van der Waals surface area (Å²) in [4.78, 5) is 17.1. The molecule has 2 aliphatic heterocycles. The summed E-state index contributed by atoms with van der Waals surface area (Å²) in [6.07, 6.45) is 2.59. The molecule has 0 saturated carbocycles. The van der Waals surface area contributed by atoms with Gasteiger partial charge in [0.1, 0.15) is 10.1 Å². The van der Waals surface area contributed by atoms with Crippen LogP contribution in [0.15, 0.2) is 29.2 Å². The maximum absolute atomic E-state index is 12.5. The lowest BCUT2D eigenvalue weighted by Gasteiger charge is -2.27. The van der Waals surface area contributed by atoms with Crippen LogP contribution >= 0.6 is 24.0 Å². The second-order valence-corrected chi connectivity index (χ2v) is 7.38. The number of carbonyl (C=O) groups excluding carboxylic acids is 1. The van der Waals surface area contributed by atoms with Crippen LogP contribution in [0, 0.1) is 0 Å². The van der Waals surface area contributed by atoms with Crippen LogP contribution in [0.3, 0.4) is 0 Å². The summed E-state index contributed by atoms with van der Waals surface area (Å²) >= 11 is 6.64. The molecular weight excluding hydrogens is 344 g/mol. The van der Waals surface area contributed by atoms with E-state index < -0.39 is 0 Å². The van der Waals surface area contributed by atoms with E-state index in [1.165, 1.54) is 11.8 Å². The molecule has 1 N–H and O–H groups in total. The number of rotatable bonds is 5. The van der Waals surface area contributed by atoms with Crippen molar-refractivity contribution in [1.29, 1.82) is 0 Å². The van der Waals surface area contributed by atoms with Gasteiger partial charge in [-0.2, -0.15) is 0 Å². The number of thioether (sulfide) groups is 1. The number of carbonyl (C=O) groups is 1. The summed E-state index contributed by atoms with van der Waals surface area (Å²) in [5.74, 6) is 0.0883. The zero-order chi connectivity index (χ0) is 16.9. The first-order chi connectivity index (χ1) is 11.6. The number of benzene rings is 1. The maximum atomic E-state index is 12.5. The summed E-state index contributed by atoms with van der Waals surface area (Å²) in [6, 6.07) is 6.97. The molecule has 0 aliphatic carbocycles. The van der Waals surface area contributed by atoms with Crippen molar-refractivity contribution < 1.29 is 14.6 Å². The molecule has 24 heavy (non-hydrogen) atoms. The van der Waals surface area contributed by atoms with Crippen LogP contribution < -0.4 is 0 Å². The van der Waals surface area contributed by atoms with Gasteiger partial charge in [0.25, 0.3) is 5.91 Å². The normalized spacial score (nSPS) is 21.0. The molecule has 0 radical (unpaired) electrons. The van der Waals surface area contributed by atoms with Crippen LogP contribution in [0.1, 0.15) is 12.0 Å². The zero-order valence-corrected chi connectivity index (χ0v) is 14.9. The van der Waals surface area contributed by atoms with Gasteiger partial charge in [0.05, 0.1) is 18.1 Å². The Morgan fingerprint density at radius 3 is 2.75 bits per heavy atom. The van der Waals surface area contributed by atoms with E-state index in [-0.39, 0.29) is 11.7 Å². The van der Waals surface area contributed by atoms with E-state index in [0.717, 1.165) is 39.3 Å². The number of thiocarbonyl (C=S) groups is 1. The lowest BCUT2D eigenvalue weighted by atomic mass is 10.2. The maximum Gasteiger partial charge on any atom is 0.266 e. The largest absolute Gasteiger partial charge is 0.507 e. The van der Waals surface area contributed by atoms with Gasteiger partial charge in [-0.05, 0) is 18.6 Å². The van der Waals surface area contributed by atoms with Crippen LogP contribution in [-0.2, 0) is 9.53 Å². The summed E-state index contributed by atoms with van der Waals surface area (Å²) in [5.41, 5.74) is 0.631. The monoisotopic (exact) mass is 364 g/mol. The van der Waals surface area contributed by atoms with Gasteiger partial charge in [-0.3, -0.25) is 14.6 Å². The third-order valence-electron chi connectivity index (χ3n) is 4.06. The second kappa shape index (κ2) is 8.11. The Balaban J connectivity index is 1.58. The van der Waals surface area contributed by atoms with Crippen LogP contribution in [0.4, 0.5) is 0 Å². The molecule has 7 heteroatoms. The predicted octanol–water partition coefficient (Wildman–Crippen LogP) is 2.32. The Kier molecular flexibility index (Phi) is 5.89. The minimum atomic E-state index is -0.0739. The summed E-state index contributed by atoms with van der Waals surface area (Å²) in [6.45, 7) is 5.03. The lowest BCUT2D eigenvalue weighted by molar-refractivity contribution is -0.122. The molecule has 0 unspecified atom stereocenters. The molecule has 1 aromatic rings. The molecule has 0 bridgehead atoms. The molecule has 1 amide bonds. The van der Waals surface area contributed by atoms with Crippen molar-refractivity contribution in [3.05, 3.63) is 34.7 Å². The molecule has 0 atom stereocenters. The average molecular weight is 364 g/mol.